The van der Waals surface area contributed by atoms with E-state index in [1.165, 1.54) is 14.2 Å². The van der Waals surface area contributed by atoms with E-state index in [0.29, 0.717) is 0 Å². The Kier molecular flexibility index (Phi) is 3.55. The van der Waals surface area contributed by atoms with Crippen molar-refractivity contribution in [2.45, 2.75) is 39.8 Å². The highest BCUT2D eigenvalue weighted by Crippen LogP contribution is 2.26. The first-order valence-electron chi connectivity index (χ1n) is 4.38. The summed E-state index contributed by atoms with van der Waals surface area (Å²) in [5, 5.41) is 3.47. The van der Waals surface area contributed by atoms with E-state index in [1.54, 1.807) is 0 Å². The van der Waals surface area contributed by atoms with E-state index in [2.05, 4.69) is 55.0 Å². The highest BCUT2D eigenvalue weighted by Gasteiger charge is 2.09. The molecule has 1 aromatic heterocycles. The minimum absolute atomic E-state index is 0.199. The molecule has 0 aromatic carbocycles. The van der Waals surface area contributed by atoms with Crippen LogP contribution in [-0.4, -0.2) is 5.54 Å². The van der Waals surface area contributed by atoms with Gasteiger partial charge in [-0.3, -0.25) is 0 Å². The topological polar surface area (TPSA) is 12.0 Å². The molecule has 0 bridgehead atoms. The van der Waals surface area contributed by atoms with E-state index in [4.69, 9.17) is 0 Å². The largest absolute Gasteiger partial charge is 0.307 e. The van der Waals surface area contributed by atoms with E-state index < -0.39 is 0 Å². The van der Waals surface area contributed by atoms with Crippen LogP contribution >= 0.6 is 27.3 Å². The Balaban J connectivity index is 2.56. The molecular weight excluding hydrogens is 246 g/mol. The van der Waals surface area contributed by atoms with Crippen molar-refractivity contribution in [2.24, 2.45) is 0 Å². The maximum atomic E-state index is 3.52. The number of thiophene rings is 1. The summed E-state index contributed by atoms with van der Waals surface area (Å²) in [7, 11) is 0. The molecule has 0 saturated carbocycles. The average Bonchev–Trinajstić information content (AvgIpc) is 2.27. The van der Waals surface area contributed by atoms with Crippen LogP contribution in [0.5, 0.6) is 0 Å². The fourth-order valence-corrected chi connectivity index (χ4v) is 2.50. The molecule has 0 aliphatic heterocycles. The number of aryl methyl sites for hydroxylation is 1. The van der Waals surface area contributed by atoms with Crippen LogP contribution in [0.25, 0.3) is 0 Å². The molecule has 0 fully saturated rings. The lowest BCUT2D eigenvalue weighted by molar-refractivity contribution is 0.426. The lowest BCUT2D eigenvalue weighted by Crippen LogP contribution is -2.34. The Morgan fingerprint density at radius 3 is 2.46 bits per heavy atom. The fourth-order valence-electron chi connectivity index (χ4n) is 0.957. The summed E-state index contributed by atoms with van der Waals surface area (Å²) < 4.78 is 1.23. The summed E-state index contributed by atoms with van der Waals surface area (Å²) in [5.74, 6) is 0. The highest BCUT2D eigenvalue weighted by molar-refractivity contribution is 9.10. The predicted octanol–water partition coefficient (Wildman–Crippen LogP) is 3.71. The van der Waals surface area contributed by atoms with Gasteiger partial charge in [0.15, 0.2) is 0 Å². The van der Waals surface area contributed by atoms with E-state index in [-0.39, 0.29) is 5.54 Å². The lowest BCUT2D eigenvalue weighted by atomic mass is 10.1. The van der Waals surface area contributed by atoms with Gasteiger partial charge >= 0.3 is 0 Å². The average molecular weight is 262 g/mol. The molecule has 0 aliphatic carbocycles. The van der Waals surface area contributed by atoms with Crippen molar-refractivity contribution < 1.29 is 0 Å². The molecule has 0 radical (unpaired) electrons. The summed E-state index contributed by atoms with van der Waals surface area (Å²) in [6.45, 7) is 9.64. The summed E-state index contributed by atoms with van der Waals surface area (Å²) in [5.41, 5.74) is 0.199. The van der Waals surface area contributed by atoms with Gasteiger partial charge in [0.25, 0.3) is 0 Å². The van der Waals surface area contributed by atoms with Crippen LogP contribution < -0.4 is 5.32 Å². The second kappa shape index (κ2) is 4.11. The van der Waals surface area contributed by atoms with E-state index in [0.717, 1.165) is 6.54 Å². The molecule has 0 amide bonds. The molecule has 1 rings (SSSR count). The normalized spacial score (nSPS) is 12.1. The molecular formula is C10H16BrNS. The van der Waals surface area contributed by atoms with Gasteiger partial charge in [-0.1, -0.05) is 0 Å². The number of hydrogen-bond acceptors (Lipinski definition) is 2. The fraction of sp³-hybridized carbons (Fsp3) is 0.600. The van der Waals surface area contributed by atoms with Gasteiger partial charge in [0.2, 0.25) is 0 Å². The van der Waals surface area contributed by atoms with Crippen molar-refractivity contribution >= 4 is 27.3 Å². The van der Waals surface area contributed by atoms with E-state index in [1.807, 2.05) is 11.3 Å². The number of nitrogens with one attached hydrogen (secondary N) is 1. The van der Waals surface area contributed by atoms with Gasteiger partial charge in [-0.05, 0) is 49.7 Å². The third-order valence-corrected chi connectivity index (χ3v) is 3.84. The Morgan fingerprint density at radius 2 is 2.08 bits per heavy atom. The minimum Gasteiger partial charge on any atom is -0.307 e. The van der Waals surface area contributed by atoms with Crippen molar-refractivity contribution in [3.8, 4) is 0 Å². The number of rotatable bonds is 2. The maximum Gasteiger partial charge on any atom is 0.0314 e. The molecule has 0 spiro atoms. The first-order chi connectivity index (χ1) is 5.88. The predicted molar refractivity (Wildman–Crippen MR) is 63.3 cm³/mol. The molecule has 1 heterocycles. The summed E-state index contributed by atoms with van der Waals surface area (Å²) >= 11 is 5.36. The van der Waals surface area contributed by atoms with Gasteiger partial charge in [-0.15, -0.1) is 11.3 Å². The van der Waals surface area contributed by atoms with Crippen LogP contribution in [0.3, 0.4) is 0 Å². The molecule has 74 valence electrons. The van der Waals surface area contributed by atoms with Crippen molar-refractivity contribution in [1.82, 2.24) is 5.32 Å². The Labute approximate surface area is 92.7 Å². The highest BCUT2D eigenvalue weighted by atomic mass is 79.9. The number of hydrogen-bond donors (Lipinski definition) is 1. The molecule has 0 aliphatic rings. The molecule has 0 atom stereocenters. The first kappa shape index (κ1) is 11.2. The molecule has 1 aromatic rings. The lowest BCUT2D eigenvalue weighted by Gasteiger charge is -2.19. The molecule has 1 N–H and O–H groups in total. The van der Waals surface area contributed by atoms with Gasteiger partial charge in [0.05, 0.1) is 0 Å². The van der Waals surface area contributed by atoms with Crippen LogP contribution in [0.1, 0.15) is 30.5 Å². The van der Waals surface area contributed by atoms with Crippen molar-refractivity contribution in [3.05, 3.63) is 20.3 Å². The smallest absolute Gasteiger partial charge is 0.0314 e. The first-order valence-corrected chi connectivity index (χ1v) is 5.99. The van der Waals surface area contributed by atoms with Gasteiger partial charge in [0, 0.05) is 26.3 Å². The SMILES string of the molecule is Cc1sc(CNC(C)(C)C)cc1Br. The van der Waals surface area contributed by atoms with Crippen molar-refractivity contribution in [1.29, 1.82) is 0 Å². The van der Waals surface area contributed by atoms with Crippen LogP contribution in [-0.2, 0) is 6.54 Å². The Morgan fingerprint density at radius 1 is 1.46 bits per heavy atom. The number of halogens is 1. The molecule has 13 heavy (non-hydrogen) atoms. The van der Waals surface area contributed by atoms with Gasteiger partial charge < -0.3 is 5.32 Å². The zero-order chi connectivity index (χ0) is 10.1. The summed E-state index contributed by atoms with van der Waals surface area (Å²) in [6.07, 6.45) is 0. The quantitative estimate of drug-likeness (QED) is 0.856. The second-order valence-corrected chi connectivity index (χ2v) is 6.42. The van der Waals surface area contributed by atoms with E-state index in [9.17, 15) is 0 Å². The van der Waals surface area contributed by atoms with Crippen LogP contribution in [0.15, 0.2) is 10.5 Å². The van der Waals surface area contributed by atoms with Crippen LogP contribution in [0.4, 0.5) is 0 Å². The molecule has 1 nitrogen and oxygen atoms in total. The monoisotopic (exact) mass is 261 g/mol. The molecule has 0 unspecified atom stereocenters. The minimum atomic E-state index is 0.199. The molecule has 3 heteroatoms. The summed E-state index contributed by atoms with van der Waals surface area (Å²) in [4.78, 5) is 2.74. The van der Waals surface area contributed by atoms with Crippen molar-refractivity contribution in [3.63, 3.8) is 0 Å². The van der Waals surface area contributed by atoms with Crippen LogP contribution in [0, 0.1) is 6.92 Å². The van der Waals surface area contributed by atoms with Crippen LogP contribution in [0.2, 0.25) is 0 Å². The molecule has 0 saturated heterocycles. The van der Waals surface area contributed by atoms with Gasteiger partial charge in [-0.2, -0.15) is 0 Å². The Bertz CT molecular complexity index is 266. The standard InChI is InChI=1S/C10H16BrNS/c1-7-9(11)5-8(13-7)6-12-10(2,3)4/h5,12H,6H2,1-4H3. The summed E-state index contributed by atoms with van der Waals surface area (Å²) in [6, 6.07) is 2.19. The van der Waals surface area contributed by atoms with Gasteiger partial charge in [-0.25, -0.2) is 0 Å². The maximum absolute atomic E-state index is 3.52. The third-order valence-electron chi connectivity index (χ3n) is 1.70. The third kappa shape index (κ3) is 3.79. The second-order valence-electron chi connectivity index (χ2n) is 4.22. The zero-order valence-corrected chi connectivity index (χ0v) is 11.0. The van der Waals surface area contributed by atoms with Gasteiger partial charge in [0.1, 0.15) is 0 Å². The Hall–Kier alpha value is 0.140. The zero-order valence-electron chi connectivity index (χ0n) is 8.57. The van der Waals surface area contributed by atoms with Crippen molar-refractivity contribution in [2.75, 3.05) is 0 Å². The van der Waals surface area contributed by atoms with E-state index >= 15 is 0 Å².